The van der Waals surface area contributed by atoms with Crippen molar-refractivity contribution in [3.8, 4) is 0 Å². The molecule has 1 aliphatic heterocycles. The van der Waals surface area contributed by atoms with Crippen LogP contribution in [0.2, 0.25) is 0 Å². The van der Waals surface area contributed by atoms with Gasteiger partial charge in [0.05, 0.1) is 0 Å². The fraction of sp³-hybridized carbons (Fsp3) is 0.438. The Morgan fingerprint density at radius 3 is 3.00 bits per heavy atom. The van der Waals surface area contributed by atoms with E-state index in [9.17, 15) is 0 Å². The van der Waals surface area contributed by atoms with E-state index in [1.807, 2.05) is 12.4 Å². The van der Waals surface area contributed by atoms with E-state index in [-0.39, 0.29) is 0 Å². The van der Waals surface area contributed by atoms with Crippen molar-refractivity contribution in [3.05, 3.63) is 42.2 Å². The van der Waals surface area contributed by atoms with Gasteiger partial charge in [0.25, 0.3) is 0 Å². The number of aromatic nitrogens is 1. The van der Waals surface area contributed by atoms with Crippen molar-refractivity contribution in [1.29, 1.82) is 0 Å². The highest BCUT2D eigenvalue weighted by molar-refractivity contribution is 8.00. The molecular weight excluding hydrogens is 252 g/mol. The molecule has 3 rings (SSSR count). The normalized spacial score (nSPS) is 24.7. The third kappa shape index (κ3) is 2.26. The number of nitrogens with zero attached hydrogens (tertiary/aromatic N) is 1. The van der Waals surface area contributed by atoms with Crippen LogP contribution in [-0.4, -0.2) is 22.5 Å². The predicted molar refractivity (Wildman–Crippen MR) is 83.6 cm³/mol. The number of nitrogens with one attached hydrogen (secondary N) is 1. The monoisotopic (exact) mass is 272 g/mol. The van der Waals surface area contributed by atoms with Gasteiger partial charge in [-0.3, -0.25) is 4.98 Å². The van der Waals surface area contributed by atoms with Crippen molar-refractivity contribution in [1.82, 2.24) is 10.3 Å². The van der Waals surface area contributed by atoms with Gasteiger partial charge in [-0.05, 0) is 49.6 Å². The highest BCUT2D eigenvalue weighted by atomic mass is 32.2. The lowest BCUT2D eigenvalue weighted by Crippen LogP contribution is -2.35. The van der Waals surface area contributed by atoms with Crippen LogP contribution >= 0.6 is 11.8 Å². The highest BCUT2D eigenvalue weighted by Crippen LogP contribution is 2.47. The molecule has 0 bridgehead atoms. The van der Waals surface area contributed by atoms with E-state index in [2.05, 4.69) is 60.3 Å². The van der Waals surface area contributed by atoms with Gasteiger partial charge in [0.1, 0.15) is 0 Å². The molecule has 0 radical (unpaired) electrons. The van der Waals surface area contributed by atoms with Crippen LogP contribution in [0.1, 0.15) is 31.4 Å². The highest BCUT2D eigenvalue weighted by Gasteiger charge is 2.38. The SMILES string of the molecule is CNC(c1cccc2ccncc12)C1(C)CCCS1. The molecular formula is C16H20N2S. The topological polar surface area (TPSA) is 24.9 Å². The zero-order valence-electron chi connectivity index (χ0n) is 11.5. The molecule has 0 spiro atoms. The maximum absolute atomic E-state index is 4.30. The average molecular weight is 272 g/mol. The van der Waals surface area contributed by atoms with Crippen molar-refractivity contribution < 1.29 is 0 Å². The number of fused-ring (bicyclic) bond motifs is 1. The first-order chi connectivity index (χ1) is 9.24. The fourth-order valence-corrected chi connectivity index (χ4v) is 4.66. The second-order valence-corrected chi connectivity index (χ2v) is 7.06. The van der Waals surface area contributed by atoms with E-state index >= 15 is 0 Å². The lowest BCUT2D eigenvalue weighted by atomic mass is 9.88. The Morgan fingerprint density at radius 1 is 1.37 bits per heavy atom. The molecule has 1 aromatic carbocycles. The van der Waals surface area contributed by atoms with Gasteiger partial charge in [-0.1, -0.05) is 18.2 Å². The standard InChI is InChI=1S/C16H20N2S/c1-16(8-4-10-19-16)15(17-2)13-6-3-5-12-7-9-18-11-14(12)13/h3,5-7,9,11,15,17H,4,8,10H2,1-2H3. The van der Waals surface area contributed by atoms with Gasteiger partial charge in [0.15, 0.2) is 0 Å². The number of rotatable bonds is 3. The summed E-state index contributed by atoms with van der Waals surface area (Å²) in [7, 11) is 2.07. The Balaban J connectivity index is 2.11. The van der Waals surface area contributed by atoms with E-state index in [1.165, 1.54) is 34.9 Å². The number of hydrogen-bond acceptors (Lipinski definition) is 3. The summed E-state index contributed by atoms with van der Waals surface area (Å²) in [6.45, 7) is 2.39. The molecule has 0 amide bonds. The summed E-state index contributed by atoms with van der Waals surface area (Å²) >= 11 is 2.10. The molecule has 1 aliphatic rings. The molecule has 3 heteroatoms. The van der Waals surface area contributed by atoms with Crippen LogP contribution in [0.5, 0.6) is 0 Å². The Hall–Kier alpha value is -1.06. The third-order valence-corrected chi connectivity index (χ3v) is 5.77. The van der Waals surface area contributed by atoms with Gasteiger partial charge in [-0.15, -0.1) is 0 Å². The molecule has 100 valence electrons. The molecule has 0 saturated carbocycles. The van der Waals surface area contributed by atoms with Crippen molar-refractivity contribution in [3.63, 3.8) is 0 Å². The first-order valence-electron chi connectivity index (χ1n) is 6.88. The Labute approximate surface area is 119 Å². The van der Waals surface area contributed by atoms with Crippen LogP contribution in [0, 0.1) is 0 Å². The van der Waals surface area contributed by atoms with Crippen molar-refractivity contribution in [2.75, 3.05) is 12.8 Å². The van der Waals surface area contributed by atoms with Gasteiger partial charge in [-0.2, -0.15) is 11.8 Å². The predicted octanol–water partition coefficient (Wildman–Crippen LogP) is 3.78. The van der Waals surface area contributed by atoms with Gasteiger partial charge < -0.3 is 5.32 Å². The van der Waals surface area contributed by atoms with Gasteiger partial charge >= 0.3 is 0 Å². The van der Waals surface area contributed by atoms with Crippen LogP contribution in [0.3, 0.4) is 0 Å². The van der Waals surface area contributed by atoms with Crippen LogP contribution in [0.25, 0.3) is 10.8 Å². The molecule has 2 atom stereocenters. The molecule has 2 nitrogen and oxygen atoms in total. The molecule has 1 saturated heterocycles. The van der Waals surface area contributed by atoms with Crippen molar-refractivity contribution in [2.45, 2.75) is 30.6 Å². The summed E-state index contributed by atoms with van der Waals surface area (Å²) in [5.41, 5.74) is 1.38. The van der Waals surface area contributed by atoms with Gasteiger partial charge in [0, 0.05) is 28.6 Å². The van der Waals surface area contributed by atoms with Crippen LogP contribution < -0.4 is 5.32 Å². The first-order valence-corrected chi connectivity index (χ1v) is 7.87. The van der Waals surface area contributed by atoms with Crippen molar-refractivity contribution in [2.24, 2.45) is 0 Å². The smallest absolute Gasteiger partial charge is 0.0470 e. The maximum Gasteiger partial charge on any atom is 0.0470 e. The van der Waals surface area contributed by atoms with Gasteiger partial charge in [0.2, 0.25) is 0 Å². The minimum absolute atomic E-state index is 0.291. The zero-order chi connectivity index (χ0) is 13.3. The summed E-state index contributed by atoms with van der Waals surface area (Å²) in [6, 6.07) is 9.04. The molecule has 0 aliphatic carbocycles. The van der Waals surface area contributed by atoms with E-state index in [1.54, 1.807) is 0 Å². The van der Waals surface area contributed by atoms with E-state index in [4.69, 9.17) is 0 Å². The Bertz CT molecular complexity index is 570. The van der Waals surface area contributed by atoms with E-state index in [0.717, 1.165) is 0 Å². The molecule has 2 heterocycles. The quantitative estimate of drug-likeness (QED) is 0.920. The lowest BCUT2D eigenvalue weighted by Gasteiger charge is -2.34. The minimum Gasteiger partial charge on any atom is -0.312 e. The Morgan fingerprint density at radius 2 is 2.26 bits per heavy atom. The van der Waals surface area contributed by atoms with E-state index in [0.29, 0.717) is 10.8 Å². The number of pyridine rings is 1. The first kappa shape index (κ1) is 12.9. The Kier molecular flexibility index (Phi) is 3.50. The minimum atomic E-state index is 0.291. The summed E-state index contributed by atoms with van der Waals surface area (Å²) in [6.07, 6.45) is 6.46. The molecule has 2 aromatic rings. The number of thioether (sulfide) groups is 1. The summed E-state index contributed by atoms with van der Waals surface area (Å²) in [5.74, 6) is 1.28. The van der Waals surface area contributed by atoms with Gasteiger partial charge in [-0.25, -0.2) is 0 Å². The molecule has 2 unspecified atom stereocenters. The second-order valence-electron chi connectivity index (χ2n) is 5.43. The molecule has 1 fully saturated rings. The maximum atomic E-state index is 4.30. The largest absolute Gasteiger partial charge is 0.312 e. The number of benzene rings is 1. The fourth-order valence-electron chi connectivity index (χ4n) is 3.21. The van der Waals surface area contributed by atoms with Crippen LogP contribution in [0.15, 0.2) is 36.7 Å². The molecule has 19 heavy (non-hydrogen) atoms. The second kappa shape index (κ2) is 5.14. The summed E-state index contributed by atoms with van der Waals surface area (Å²) < 4.78 is 0.291. The molecule has 1 N–H and O–H groups in total. The summed E-state index contributed by atoms with van der Waals surface area (Å²) in [4.78, 5) is 4.30. The lowest BCUT2D eigenvalue weighted by molar-refractivity contribution is 0.443. The third-order valence-electron chi connectivity index (χ3n) is 4.18. The van der Waals surface area contributed by atoms with Crippen LogP contribution in [-0.2, 0) is 0 Å². The van der Waals surface area contributed by atoms with Crippen LogP contribution in [0.4, 0.5) is 0 Å². The number of hydrogen-bond donors (Lipinski definition) is 1. The zero-order valence-corrected chi connectivity index (χ0v) is 12.3. The van der Waals surface area contributed by atoms with E-state index < -0.39 is 0 Å². The van der Waals surface area contributed by atoms with Crippen molar-refractivity contribution >= 4 is 22.5 Å². The molecule has 1 aromatic heterocycles. The summed E-state index contributed by atoms with van der Waals surface area (Å²) in [5, 5.41) is 6.10. The average Bonchev–Trinajstić information content (AvgIpc) is 2.87.